The zero-order valence-electron chi connectivity index (χ0n) is 16.5. The van der Waals surface area contributed by atoms with Crippen molar-refractivity contribution in [2.24, 2.45) is 0 Å². The van der Waals surface area contributed by atoms with Gasteiger partial charge in [0.15, 0.2) is 0 Å². The van der Waals surface area contributed by atoms with Crippen molar-refractivity contribution < 1.29 is 19.4 Å². The number of fused-ring (bicyclic) bond motifs is 2. The molecule has 1 atom stereocenters. The molecule has 1 aromatic carbocycles. The first-order valence-corrected chi connectivity index (χ1v) is 10.00. The van der Waals surface area contributed by atoms with Crippen LogP contribution in [0.25, 0.3) is 0 Å². The number of aliphatic carboxylic acids is 1. The second-order valence-corrected chi connectivity index (χ2v) is 7.66. The van der Waals surface area contributed by atoms with Crippen LogP contribution < -0.4 is 15.4 Å². The zero-order chi connectivity index (χ0) is 20.4. The van der Waals surface area contributed by atoms with Gasteiger partial charge in [-0.2, -0.15) is 0 Å². The molecule has 1 heterocycles. The van der Waals surface area contributed by atoms with Crippen LogP contribution in [-0.4, -0.2) is 35.2 Å². The Hall–Kier alpha value is -3.09. The molecule has 2 aromatic rings. The third kappa shape index (κ3) is 4.04. The Balaban J connectivity index is 1.50. The number of urea groups is 1. The minimum atomic E-state index is -1.09. The predicted octanol–water partition coefficient (Wildman–Crippen LogP) is 2.89. The van der Waals surface area contributed by atoms with Crippen LogP contribution in [0, 0.1) is 0 Å². The van der Waals surface area contributed by atoms with Crippen molar-refractivity contribution in [1.82, 2.24) is 10.3 Å². The average molecular weight is 395 g/mol. The number of aromatic nitrogens is 1. The van der Waals surface area contributed by atoms with Crippen molar-refractivity contribution in [3.63, 3.8) is 0 Å². The quantitative estimate of drug-likeness (QED) is 0.698. The Morgan fingerprint density at radius 3 is 2.41 bits per heavy atom. The number of methoxy groups -OCH3 is 1. The molecule has 152 valence electrons. The summed E-state index contributed by atoms with van der Waals surface area (Å²) in [5.74, 6) is -0.544. The van der Waals surface area contributed by atoms with Gasteiger partial charge in [0.05, 0.1) is 13.3 Å². The maximum atomic E-state index is 12.7. The Morgan fingerprint density at radius 2 is 1.79 bits per heavy atom. The smallest absolute Gasteiger partial charge is 0.326 e. The standard InChI is InChI=1S/C22H25N3O4/c1-29-16-8-13(11-23-12-16)9-19(21(26)27)24-22(28)25-20-17-6-2-4-14(17)10-15-5-3-7-18(15)20/h8,10-12,19H,2-7,9H2,1H3,(H,26,27)(H2,24,25,28). The summed E-state index contributed by atoms with van der Waals surface area (Å²) in [5.41, 5.74) is 6.64. The molecule has 7 heteroatoms. The van der Waals surface area contributed by atoms with E-state index in [1.54, 1.807) is 18.5 Å². The highest BCUT2D eigenvalue weighted by Gasteiger charge is 2.26. The van der Waals surface area contributed by atoms with E-state index in [0.717, 1.165) is 44.2 Å². The van der Waals surface area contributed by atoms with Gasteiger partial charge in [-0.15, -0.1) is 0 Å². The number of hydrogen-bond donors (Lipinski definition) is 3. The first-order valence-electron chi connectivity index (χ1n) is 10.00. The molecule has 0 spiro atoms. The third-order valence-corrected chi connectivity index (χ3v) is 5.76. The molecule has 1 unspecified atom stereocenters. The maximum absolute atomic E-state index is 12.7. The Labute approximate surface area is 169 Å². The predicted molar refractivity (Wildman–Crippen MR) is 109 cm³/mol. The van der Waals surface area contributed by atoms with Gasteiger partial charge >= 0.3 is 12.0 Å². The summed E-state index contributed by atoms with van der Waals surface area (Å²) in [6, 6.07) is 2.47. The van der Waals surface area contributed by atoms with Crippen molar-refractivity contribution in [2.45, 2.75) is 51.0 Å². The molecule has 0 aliphatic heterocycles. The van der Waals surface area contributed by atoms with Crippen LogP contribution in [0.4, 0.5) is 10.5 Å². The second kappa shape index (κ2) is 8.11. The van der Waals surface area contributed by atoms with Crippen molar-refractivity contribution in [2.75, 3.05) is 12.4 Å². The summed E-state index contributed by atoms with van der Waals surface area (Å²) >= 11 is 0. The number of pyridine rings is 1. The Kier molecular flexibility index (Phi) is 5.38. The van der Waals surface area contributed by atoms with Crippen molar-refractivity contribution in [1.29, 1.82) is 0 Å². The number of benzene rings is 1. The van der Waals surface area contributed by atoms with E-state index in [2.05, 4.69) is 21.7 Å². The van der Waals surface area contributed by atoms with Crippen LogP contribution in [0.1, 0.15) is 40.7 Å². The summed E-state index contributed by atoms with van der Waals surface area (Å²) in [5, 5.41) is 15.2. The van der Waals surface area contributed by atoms with Gasteiger partial charge in [-0.3, -0.25) is 4.98 Å². The lowest BCUT2D eigenvalue weighted by Gasteiger charge is -2.19. The van der Waals surface area contributed by atoms with Crippen LogP contribution in [0.3, 0.4) is 0 Å². The number of anilines is 1. The minimum absolute atomic E-state index is 0.123. The summed E-state index contributed by atoms with van der Waals surface area (Å²) in [6.45, 7) is 0. The summed E-state index contributed by atoms with van der Waals surface area (Å²) in [4.78, 5) is 28.5. The zero-order valence-corrected chi connectivity index (χ0v) is 16.5. The van der Waals surface area contributed by atoms with Gasteiger partial charge in [0.2, 0.25) is 0 Å². The molecular formula is C22H25N3O4. The monoisotopic (exact) mass is 395 g/mol. The van der Waals surface area contributed by atoms with Gasteiger partial charge in [-0.25, -0.2) is 9.59 Å². The molecule has 0 saturated carbocycles. The number of amides is 2. The van der Waals surface area contributed by atoms with Gasteiger partial charge < -0.3 is 20.5 Å². The number of nitrogens with zero attached hydrogens (tertiary/aromatic N) is 1. The lowest BCUT2D eigenvalue weighted by molar-refractivity contribution is -0.139. The lowest BCUT2D eigenvalue weighted by Crippen LogP contribution is -2.44. The van der Waals surface area contributed by atoms with Crippen LogP contribution in [0.15, 0.2) is 24.5 Å². The maximum Gasteiger partial charge on any atom is 0.326 e. The molecular weight excluding hydrogens is 370 g/mol. The van der Waals surface area contributed by atoms with E-state index in [0.29, 0.717) is 11.3 Å². The number of carboxylic acids is 1. The van der Waals surface area contributed by atoms with Gasteiger partial charge in [-0.1, -0.05) is 6.07 Å². The van der Waals surface area contributed by atoms with E-state index in [9.17, 15) is 14.7 Å². The summed E-state index contributed by atoms with van der Waals surface area (Å²) in [6.07, 6.45) is 9.43. The van der Waals surface area contributed by atoms with Crippen LogP contribution in [-0.2, 0) is 36.9 Å². The molecule has 2 aliphatic carbocycles. The molecule has 0 fully saturated rings. The van der Waals surface area contributed by atoms with Crippen LogP contribution in [0.2, 0.25) is 0 Å². The van der Waals surface area contributed by atoms with Gasteiger partial charge in [0, 0.05) is 18.3 Å². The number of carbonyl (C=O) groups excluding carboxylic acids is 1. The van der Waals surface area contributed by atoms with Gasteiger partial charge in [0.25, 0.3) is 0 Å². The summed E-state index contributed by atoms with van der Waals surface area (Å²) in [7, 11) is 1.53. The number of hydrogen-bond acceptors (Lipinski definition) is 4. The van der Waals surface area contributed by atoms with E-state index in [4.69, 9.17) is 4.74 Å². The minimum Gasteiger partial charge on any atom is -0.495 e. The molecule has 0 saturated heterocycles. The fourth-order valence-corrected chi connectivity index (χ4v) is 4.40. The molecule has 7 nitrogen and oxygen atoms in total. The first-order chi connectivity index (χ1) is 14.0. The Morgan fingerprint density at radius 1 is 1.10 bits per heavy atom. The topological polar surface area (TPSA) is 101 Å². The number of rotatable bonds is 6. The van der Waals surface area contributed by atoms with Crippen molar-refractivity contribution in [3.8, 4) is 5.75 Å². The van der Waals surface area contributed by atoms with E-state index in [-0.39, 0.29) is 6.42 Å². The Bertz CT molecular complexity index is 925. The van der Waals surface area contributed by atoms with Crippen molar-refractivity contribution >= 4 is 17.7 Å². The number of carbonyl (C=O) groups is 2. The van der Waals surface area contributed by atoms with Crippen LogP contribution in [0.5, 0.6) is 5.75 Å². The molecule has 0 radical (unpaired) electrons. The SMILES string of the molecule is COc1cncc(CC(NC(=O)Nc2c3c(cc4c2CCC4)CCC3)C(=O)O)c1. The van der Waals surface area contributed by atoms with Gasteiger partial charge in [0.1, 0.15) is 11.8 Å². The normalized spacial score (nSPS) is 15.3. The summed E-state index contributed by atoms with van der Waals surface area (Å²) < 4.78 is 5.13. The molecule has 29 heavy (non-hydrogen) atoms. The largest absolute Gasteiger partial charge is 0.495 e. The number of ether oxygens (including phenoxy) is 1. The molecule has 3 N–H and O–H groups in total. The molecule has 1 aromatic heterocycles. The fraction of sp³-hybridized carbons (Fsp3) is 0.409. The highest BCUT2D eigenvalue weighted by atomic mass is 16.5. The fourth-order valence-electron chi connectivity index (χ4n) is 4.40. The highest BCUT2D eigenvalue weighted by molar-refractivity contribution is 5.94. The average Bonchev–Trinajstić information content (AvgIpc) is 3.36. The van der Waals surface area contributed by atoms with Crippen molar-refractivity contribution in [3.05, 3.63) is 52.3 Å². The third-order valence-electron chi connectivity index (χ3n) is 5.76. The first kappa shape index (κ1) is 19.2. The molecule has 4 rings (SSSR count). The molecule has 0 bridgehead atoms. The molecule has 2 amide bonds. The highest BCUT2D eigenvalue weighted by Crippen LogP contribution is 2.38. The lowest BCUT2D eigenvalue weighted by atomic mass is 9.99. The number of nitrogens with one attached hydrogen (secondary N) is 2. The second-order valence-electron chi connectivity index (χ2n) is 7.66. The molecule has 2 aliphatic rings. The van der Waals surface area contributed by atoms with Crippen LogP contribution >= 0.6 is 0 Å². The van der Waals surface area contributed by atoms with E-state index < -0.39 is 18.0 Å². The van der Waals surface area contributed by atoms with Gasteiger partial charge in [-0.05, 0) is 72.4 Å². The number of carboxylic acid groups (broad SMARTS) is 1. The number of aryl methyl sites for hydroxylation is 2. The van der Waals surface area contributed by atoms with E-state index in [1.807, 2.05) is 0 Å². The van der Waals surface area contributed by atoms with E-state index in [1.165, 1.54) is 29.4 Å². The van der Waals surface area contributed by atoms with E-state index >= 15 is 0 Å².